The maximum absolute atomic E-state index is 11.1. The molecule has 0 aromatic carbocycles. The van der Waals surface area contributed by atoms with Crippen LogP contribution in [0.3, 0.4) is 0 Å². The number of amides is 1. The van der Waals surface area contributed by atoms with Gasteiger partial charge in [-0.3, -0.25) is 9.48 Å². The Balaban J connectivity index is 2.52. The van der Waals surface area contributed by atoms with Crippen LogP contribution in [0, 0.1) is 6.92 Å². The van der Waals surface area contributed by atoms with Crippen LogP contribution in [-0.2, 0) is 11.3 Å². The molecule has 1 aromatic heterocycles. The molecule has 0 saturated carbocycles. The molecule has 0 aliphatic heterocycles. The van der Waals surface area contributed by atoms with Crippen LogP contribution in [0.4, 0.5) is 0 Å². The first kappa shape index (κ1) is 8.77. The van der Waals surface area contributed by atoms with Crippen LogP contribution in [-0.4, -0.2) is 22.2 Å². The number of aryl methyl sites for hydroxylation is 1. The van der Waals surface area contributed by atoms with Gasteiger partial charge in [-0.05, 0) is 19.9 Å². The summed E-state index contributed by atoms with van der Waals surface area (Å²) < 4.78 is 1.67. The summed E-state index contributed by atoms with van der Waals surface area (Å²) in [6, 6.07) is 1.87. The first-order valence-corrected chi connectivity index (χ1v) is 3.99. The minimum absolute atomic E-state index is 0.00398. The van der Waals surface area contributed by atoms with Crippen LogP contribution in [0.5, 0.6) is 0 Å². The molecular formula is C8H13N3O. The van der Waals surface area contributed by atoms with Crippen molar-refractivity contribution in [3.63, 3.8) is 0 Å². The molecule has 1 amide bonds. The van der Waals surface area contributed by atoms with Gasteiger partial charge in [0.25, 0.3) is 0 Å². The highest BCUT2D eigenvalue weighted by atomic mass is 16.2. The zero-order valence-corrected chi connectivity index (χ0v) is 7.37. The Morgan fingerprint density at radius 1 is 1.75 bits per heavy atom. The molecule has 1 aromatic rings. The van der Waals surface area contributed by atoms with Gasteiger partial charge in [0.05, 0.1) is 0 Å². The van der Waals surface area contributed by atoms with E-state index in [1.165, 1.54) is 0 Å². The van der Waals surface area contributed by atoms with Crippen molar-refractivity contribution in [2.75, 3.05) is 6.54 Å². The van der Waals surface area contributed by atoms with Crippen LogP contribution >= 0.6 is 0 Å². The fraction of sp³-hybridized carbons (Fsp3) is 0.500. The number of nitrogens with zero attached hydrogens (tertiary/aromatic N) is 2. The lowest BCUT2D eigenvalue weighted by molar-refractivity contribution is -0.121. The van der Waals surface area contributed by atoms with Crippen molar-refractivity contribution in [1.29, 1.82) is 0 Å². The molecular weight excluding hydrogens is 154 g/mol. The maximum Gasteiger partial charge on any atom is 0.241 e. The van der Waals surface area contributed by atoms with Gasteiger partial charge in [0.1, 0.15) is 6.54 Å². The SMILES string of the molecule is CCNC(=O)Cn1nccc1C. The zero-order chi connectivity index (χ0) is 8.97. The quantitative estimate of drug-likeness (QED) is 0.705. The van der Waals surface area contributed by atoms with Crippen LogP contribution in [0.1, 0.15) is 12.6 Å². The minimum Gasteiger partial charge on any atom is -0.355 e. The van der Waals surface area contributed by atoms with Crippen molar-refractivity contribution in [2.24, 2.45) is 0 Å². The van der Waals surface area contributed by atoms with Crippen molar-refractivity contribution >= 4 is 5.91 Å². The van der Waals surface area contributed by atoms with Gasteiger partial charge < -0.3 is 5.32 Å². The summed E-state index contributed by atoms with van der Waals surface area (Å²) in [6.07, 6.45) is 1.69. The van der Waals surface area contributed by atoms with E-state index in [1.54, 1.807) is 10.9 Å². The monoisotopic (exact) mass is 167 g/mol. The number of hydrogen-bond acceptors (Lipinski definition) is 2. The van der Waals surface area contributed by atoms with E-state index in [0.717, 1.165) is 5.69 Å². The molecule has 0 unspecified atom stereocenters. The molecule has 4 nitrogen and oxygen atoms in total. The first-order valence-electron chi connectivity index (χ1n) is 3.99. The highest BCUT2D eigenvalue weighted by molar-refractivity contribution is 5.75. The minimum atomic E-state index is 0.00398. The number of carbonyl (C=O) groups excluding carboxylic acids is 1. The van der Waals surface area contributed by atoms with Crippen molar-refractivity contribution in [3.05, 3.63) is 18.0 Å². The van der Waals surface area contributed by atoms with E-state index in [1.807, 2.05) is 19.9 Å². The van der Waals surface area contributed by atoms with Gasteiger partial charge in [0.15, 0.2) is 0 Å². The van der Waals surface area contributed by atoms with E-state index in [9.17, 15) is 4.79 Å². The maximum atomic E-state index is 11.1. The number of rotatable bonds is 3. The lowest BCUT2D eigenvalue weighted by atomic mass is 10.4. The molecule has 4 heteroatoms. The second-order valence-corrected chi connectivity index (χ2v) is 2.58. The third-order valence-electron chi connectivity index (χ3n) is 1.60. The van der Waals surface area contributed by atoms with E-state index in [-0.39, 0.29) is 5.91 Å². The van der Waals surface area contributed by atoms with Gasteiger partial charge in [-0.25, -0.2) is 0 Å². The lowest BCUT2D eigenvalue weighted by Gasteiger charge is -2.03. The molecule has 1 heterocycles. The molecule has 66 valence electrons. The summed E-state index contributed by atoms with van der Waals surface area (Å²) in [7, 11) is 0. The lowest BCUT2D eigenvalue weighted by Crippen LogP contribution is -2.27. The molecule has 0 saturated heterocycles. The van der Waals surface area contributed by atoms with Crippen molar-refractivity contribution in [1.82, 2.24) is 15.1 Å². The predicted molar refractivity (Wildman–Crippen MR) is 45.6 cm³/mol. The Bertz CT molecular complexity index is 267. The molecule has 0 fully saturated rings. The highest BCUT2D eigenvalue weighted by Crippen LogP contribution is 1.94. The van der Waals surface area contributed by atoms with Gasteiger partial charge in [-0.2, -0.15) is 5.10 Å². The summed E-state index contributed by atoms with van der Waals surface area (Å²) in [6.45, 7) is 4.80. The van der Waals surface area contributed by atoms with E-state index in [2.05, 4.69) is 10.4 Å². The largest absolute Gasteiger partial charge is 0.355 e. The highest BCUT2D eigenvalue weighted by Gasteiger charge is 2.02. The second kappa shape index (κ2) is 3.90. The Labute approximate surface area is 71.6 Å². The molecule has 0 aliphatic rings. The molecule has 12 heavy (non-hydrogen) atoms. The second-order valence-electron chi connectivity index (χ2n) is 2.58. The van der Waals surface area contributed by atoms with Crippen molar-refractivity contribution in [3.8, 4) is 0 Å². The average Bonchev–Trinajstić information content (AvgIpc) is 2.37. The normalized spacial score (nSPS) is 9.83. The van der Waals surface area contributed by atoms with Crippen molar-refractivity contribution < 1.29 is 4.79 Å². The topological polar surface area (TPSA) is 46.9 Å². The molecule has 0 atom stereocenters. The first-order chi connectivity index (χ1) is 5.74. The summed E-state index contributed by atoms with van der Waals surface area (Å²) in [5.41, 5.74) is 1.00. The van der Waals surface area contributed by atoms with Gasteiger partial charge >= 0.3 is 0 Å². The Kier molecular flexibility index (Phi) is 2.85. The van der Waals surface area contributed by atoms with E-state index < -0.39 is 0 Å². The van der Waals surface area contributed by atoms with E-state index >= 15 is 0 Å². The smallest absolute Gasteiger partial charge is 0.241 e. The fourth-order valence-corrected chi connectivity index (χ4v) is 0.953. The summed E-state index contributed by atoms with van der Waals surface area (Å²) in [5.74, 6) is 0.00398. The van der Waals surface area contributed by atoms with Gasteiger partial charge in [-0.1, -0.05) is 0 Å². The Morgan fingerprint density at radius 3 is 3.00 bits per heavy atom. The fourth-order valence-electron chi connectivity index (χ4n) is 0.953. The molecule has 0 aliphatic carbocycles. The zero-order valence-electron chi connectivity index (χ0n) is 7.37. The average molecular weight is 167 g/mol. The third-order valence-corrected chi connectivity index (χ3v) is 1.60. The van der Waals surface area contributed by atoms with Gasteiger partial charge in [-0.15, -0.1) is 0 Å². The number of carbonyl (C=O) groups is 1. The number of likely N-dealkylation sites (N-methyl/N-ethyl adjacent to an activating group) is 1. The predicted octanol–water partition coefficient (Wildman–Crippen LogP) is 0.328. The van der Waals surface area contributed by atoms with Crippen LogP contribution < -0.4 is 5.32 Å². The Morgan fingerprint density at radius 2 is 2.50 bits per heavy atom. The number of hydrogen-bond donors (Lipinski definition) is 1. The third kappa shape index (κ3) is 2.08. The van der Waals surface area contributed by atoms with E-state index in [0.29, 0.717) is 13.1 Å². The summed E-state index contributed by atoms with van der Waals surface area (Å²) in [4.78, 5) is 11.1. The molecule has 1 N–H and O–H groups in total. The summed E-state index contributed by atoms with van der Waals surface area (Å²) in [5, 5.41) is 6.71. The van der Waals surface area contributed by atoms with Gasteiger partial charge in [0.2, 0.25) is 5.91 Å². The molecule has 0 spiro atoms. The Hall–Kier alpha value is -1.32. The molecule has 0 bridgehead atoms. The number of nitrogens with one attached hydrogen (secondary N) is 1. The van der Waals surface area contributed by atoms with Crippen LogP contribution in [0.2, 0.25) is 0 Å². The number of aromatic nitrogens is 2. The standard InChI is InChI=1S/C8H13N3O/c1-3-9-8(12)6-11-7(2)4-5-10-11/h4-5H,3,6H2,1-2H3,(H,9,12). The molecule has 1 rings (SSSR count). The van der Waals surface area contributed by atoms with Crippen molar-refractivity contribution in [2.45, 2.75) is 20.4 Å². The molecule has 0 radical (unpaired) electrons. The summed E-state index contributed by atoms with van der Waals surface area (Å²) >= 11 is 0. The van der Waals surface area contributed by atoms with E-state index in [4.69, 9.17) is 0 Å². The van der Waals surface area contributed by atoms with Crippen LogP contribution in [0.25, 0.3) is 0 Å². The van der Waals surface area contributed by atoms with Gasteiger partial charge in [0, 0.05) is 18.4 Å². The van der Waals surface area contributed by atoms with Crippen LogP contribution in [0.15, 0.2) is 12.3 Å².